The number of nitrogens with zero attached hydrogens (tertiary/aromatic N) is 1. The van der Waals surface area contributed by atoms with Crippen molar-refractivity contribution in [2.75, 3.05) is 13.2 Å². The first-order chi connectivity index (χ1) is 27.8. The lowest BCUT2D eigenvalue weighted by Gasteiger charge is -2.29. The zero-order valence-electron chi connectivity index (χ0n) is 34.9. The van der Waals surface area contributed by atoms with Crippen molar-refractivity contribution in [2.45, 2.75) is 142 Å². The van der Waals surface area contributed by atoms with Gasteiger partial charge in [0.05, 0.1) is 19.0 Å². The van der Waals surface area contributed by atoms with Gasteiger partial charge in [0.15, 0.2) is 0 Å². The number of carboxylic acids is 2. The Kier molecular flexibility index (Phi) is 23.5. The van der Waals surface area contributed by atoms with E-state index in [1.807, 2.05) is 6.92 Å². The van der Waals surface area contributed by atoms with Gasteiger partial charge in [0.25, 0.3) is 0 Å². The average Bonchev–Trinajstić information content (AvgIpc) is 3.71. The predicted molar refractivity (Wildman–Crippen MR) is 215 cm³/mol. The van der Waals surface area contributed by atoms with Gasteiger partial charge in [0.1, 0.15) is 36.3 Å². The highest BCUT2D eigenvalue weighted by Crippen LogP contribution is 2.13. The second-order valence-electron chi connectivity index (χ2n) is 15.2. The Labute approximate surface area is 344 Å². The number of carboxylic acid groups (broad SMARTS) is 2. The van der Waals surface area contributed by atoms with E-state index in [4.69, 9.17) is 11.5 Å². The molecule has 59 heavy (non-hydrogen) atoms. The summed E-state index contributed by atoms with van der Waals surface area (Å²) in [6.07, 6.45) is 3.80. The van der Waals surface area contributed by atoms with Gasteiger partial charge in [-0.25, -0.2) is 9.78 Å². The first-order valence-corrected chi connectivity index (χ1v) is 20.1. The summed E-state index contributed by atoms with van der Waals surface area (Å²) in [6, 6.07) is -9.23. The Morgan fingerprint density at radius 3 is 1.76 bits per heavy atom. The summed E-state index contributed by atoms with van der Waals surface area (Å²) in [5, 5.41) is 44.2. The summed E-state index contributed by atoms with van der Waals surface area (Å²) in [6.45, 7) is 9.98. The second kappa shape index (κ2) is 26.8. The van der Waals surface area contributed by atoms with Crippen molar-refractivity contribution in [3.63, 3.8) is 0 Å². The summed E-state index contributed by atoms with van der Waals surface area (Å²) >= 11 is 0. The number of carbonyl (C=O) groups is 8. The largest absolute Gasteiger partial charge is 0.481 e. The third-order valence-electron chi connectivity index (χ3n) is 9.96. The van der Waals surface area contributed by atoms with Crippen LogP contribution in [0.15, 0.2) is 12.5 Å². The molecule has 1 aromatic rings. The Hall–Kier alpha value is -5.15. The topological polar surface area (TPSA) is 350 Å². The summed E-state index contributed by atoms with van der Waals surface area (Å²) in [5.74, 6) is -8.56. The van der Waals surface area contributed by atoms with Crippen molar-refractivity contribution < 1.29 is 53.7 Å². The summed E-state index contributed by atoms with van der Waals surface area (Å²) < 4.78 is 0. The van der Waals surface area contributed by atoms with Crippen LogP contribution < -0.4 is 43.4 Å². The number of unbranched alkanes of at least 4 members (excludes halogenated alkanes) is 1. The number of rotatable bonds is 29. The number of amides is 6. The molecule has 0 spiro atoms. The van der Waals surface area contributed by atoms with Crippen molar-refractivity contribution in [3.05, 3.63) is 18.2 Å². The lowest BCUT2D eigenvalue weighted by atomic mass is 9.96. The highest BCUT2D eigenvalue weighted by molar-refractivity contribution is 5.97. The van der Waals surface area contributed by atoms with Gasteiger partial charge in [0.2, 0.25) is 35.4 Å². The molecule has 0 unspecified atom stereocenters. The number of hydrogen-bond donors (Lipinski definition) is 12. The maximum absolute atomic E-state index is 13.8. The van der Waals surface area contributed by atoms with E-state index in [1.165, 1.54) is 12.5 Å². The SMILES string of the molecule is CC[C@H](C)[C@H](N)C(=O)N[C@@H](Cc1cnc[nH]1)C(=O)N[C@@H](CO)C(=O)N[C@@H](CCC(=O)O)C(=O)N[C@H](C(=O)N[C@@H](CC(C)C)C(=O)N[C@@H](CCCCN)C(=O)O)[C@@H](C)CC. The summed E-state index contributed by atoms with van der Waals surface area (Å²) in [7, 11) is 0. The minimum Gasteiger partial charge on any atom is -0.481 e. The van der Waals surface area contributed by atoms with Crippen LogP contribution in [0.3, 0.4) is 0 Å². The van der Waals surface area contributed by atoms with Crippen LogP contribution in [0, 0.1) is 17.8 Å². The summed E-state index contributed by atoms with van der Waals surface area (Å²) in [4.78, 5) is 111. The molecule has 334 valence electrons. The standard InChI is InChI=1S/C38H66N10O11/c1-7-21(5)30(40)36(56)45-27(16-23-17-41-19-42-23)34(54)47-28(18-49)35(55)43-24(12-13-29(50)51)32(52)48-31(22(6)8-2)37(57)46-26(15-20(3)4)33(53)44-25(38(58)59)11-9-10-14-39/h17,19-22,24-28,30-31,49H,7-16,18,39-40H2,1-6H3,(H,41,42)(H,43,55)(H,44,53)(H,45,56)(H,46,57)(H,47,54)(H,48,52)(H,50,51)(H,58,59)/t21-,22-,24-,25-,26-,27-,28-,30-,31-/m0/s1. The number of H-pyrrole nitrogens is 1. The zero-order valence-corrected chi connectivity index (χ0v) is 34.9. The van der Waals surface area contributed by atoms with E-state index in [9.17, 15) is 53.7 Å². The minimum atomic E-state index is -1.68. The number of aliphatic hydroxyl groups excluding tert-OH is 1. The van der Waals surface area contributed by atoms with Gasteiger partial charge < -0.3 is 63.7 Å². The number of imidazole rings is 1. The molecule has 0 radical (unpaired) electrons. The second-order valence-corrected chi connectivity index (χ2v) is 15.2. The molecular formula is C38H66N10O11. The molecule has 21 nitrogen and oxygen atoms in total. The third kappa shape index (κ3) is 18.5. The molecule has 21 heteroatoms. The molecule has 9 atom stereocenters. The van der Waals surface area contributed by atoms with Crippen molar-refractivity contribution >= 4 is 47.4 Å². The lowest BCUT2D eigenvalue weighted by Crippen LogP contribution is -2.61. The fraction of sp³-hybridized carbons (Fsp3) is 0.711. The zero-order chi connectivity index (χ0) is 44.8. The monoisotopic (exact) mass is 838 g/mol. The van der Waals surface area contributed by atoms with Crippen molar-refractivity contribution in [3.8, 4) is 0 Å². The predicted octanol–water partition coefficient (Wildman–Crippen LogP) is -1.60. The van der Waals surface area contributed by atoms with E-state index >= 15 is 0 Å². The molecule has 14 N–H and O–H groups in total. The van der Waals surface area contributed by atoms with Gasteiger partial charge in [0, 0.05) is 24.7 Å². The highest BCUT2D eigenvalue weighted by Gasteiger charge is 2.35. The molecule has 0 aromatic carbocycles. The van der Waals surface area contributed by atoms with Crippen LogP contribution in [-0.2, 0) is 44.8 Å². The lowest BCUT2D eigenvalue weighted by molar-refractivity contribution is -0.143. The molecule has 0 aliphatic rings. The molecule has 1 aromatic heterocycles. The first-order valence-electron chi connectivity index (χ1n) is 20.1. The van der Waals surface area contributed by atoms with Crippen LogP contribution in [0.2, 0.25) is 0 Å². The fourth-order valence-corrected chi connectivity index (χ4v) is 5.82. The van der Waals surface area contributed by atoms with Crippen LogP contribution in [0.4, 0.5) is 0 Å². The molecular weight excluding hydrogens is 772 g/mol. The Balaban J connectivity index is 3.30. The molecule has 0 aliphatic heterocycles. The van der Waals surface area contributed by atoms with Gasteiger partial charge >= 0.3 is 11.9 Å². The number of aromatic nitrogens is 2. The van der Waals surface area contributed by atoms with Gasteiger partial charge in [-0.1, -0.05) is 54.4 Å². The number of nitrogens with two attached hydrogens (primary N) is 2. The van der Waals surface area contributed by atoms with E-state index in [0.717, 1.165) is 0 Å². The number of hydrogen-bond acceptors (Lipinski definition) is 12. The number of aliphatic hydroxyl groups is 1. The van der Waals surface area contributed by atoms with E-state index < -0.39 is 115 Å². The van der Waals surface area contributed by atoms with Crippen molar-refractivity contribution in [2.24, 2.45) is 29.2 Å². The van der Waals surface area contributed by atoms with Gasteiger partial charge in [-0.3, -0.25) is 33.6 Å². The number of nitrogens with one attached hydrogen (secondary N) is 7. The highest BCUT2D eigenvalue weighted by atomic mass is 16.4. The smallest absolute Gasteiger partial charge is 0.326 e. The molecule has 0 bridgehead atoms. The maximum atomic E-state index is 13.8. The molecule has 0 saturated carbocycles. The van der Waals surface area contributed by atoms with Crippen LogP contribution in [0.5, 0.6) is 0 Å². The van der Waals surface area contributed by atoms with Crippen LogP contribution in [0.1, 0.15) is 98.6 Å². The maximum Gasteiger partial charge on any atom is 0.326 e. The minimum absolute atomic E-state index is 0.0953. The van der Waals surface area contributed by atoms with E-state index in [0.29, 0.717) is 37.9 Å². The van der Waals surface area contributed by atoms with E-state index in [-0.39, 0.29) is 31.1 Å². The molecule has 0 aliphatic carbocycles. The normalized spacial score (nSPS) is 15.8. The third-order valence-corrected chi connectivity index (χ3v) is 9.96. The Morgan fingerprint density at radius 2 is 1.24 bits per heavy atom. The van der Waals surface area contributed by atoms with Gasteiger partial charge in [-0.2, -0.15) is 0 Å². The van der Waals surface area contributed by atoms with E-state index in [1.54, 1.807) is 34.6 Å². The van der Waals surface area contributed by atoms with Crippen LogP contribution in [-0.4, -0.2) is 128 Å². The molecule has 0 saturated heterocycles. The van der Waals surface area contributed by atoms with Gasteiger partial charge in [-0.15, -0.1) is 0 Å². The van der Waals surface area contributed by atoms with E-state index in [2.05, 4.69) is 41.9 Å². The first kappa shape index (κ1) is 51.9. The summed E-state index contributed by atoms with van der Waals surface area (Å²) in [5.41, 5.74) is 12.0. The van der Waals surface area contributed by atoms with Gasteiger partial charge in [-0.05, 0) is 56.4 Å². The average molecular weight is 839 g/mol. The number of carbonyl (C=O) groups excluding carboxylic acids is 6. The molecule has 1 heterocycles. The van der Waals surface area contributed by atoms with Crippen LogP contribution >= 0.6 is 0 Å². The quantitative estimate of drug-likeness (QED) is 0.0405. The van der Waals surface area contributed by atoms with Crippen molar-refractivity contribution in [1.82, 2.24) is 41.9 Å². The Morgan fingerprint density at radius 1 is 0.695 bits per heavy atom. The number of aromatic amines is 1. The van der Waals surface area contributed by atoms with Crippen molar-refractivity contribution in [1.29, 1.82) is 0 Å². The molecule has 6 amide bonds. The number of aliphatic carboxylic acids is 2. The van der Waals surface area contributed by atoms with Crippen LogP contribution in [0.25, 0.3) is 0 Å². The molecule has 1 rings (SSSR count). The fourth-order valence-electron chi connectivity index (χ4n) is 5.82. The Bertz CT molecular complexity index is 1530. The molecule has 0 fully saturated rings.